The zero-order chi connectivity index (χ0) is 37.7. The minimum absolute atomic E-state index is 0.00820. The molecule has 0 aliphatic heterocycles. The second kappa shape index (κ2) is 36.0. The van der Waals surface area contributed by atoms with Gasteiger partial charge in [0.05, 0.1) is 145 Å². The normalized spacial score (nSPS) is 11.5. The lowest BCUT2D eigenvalue weighted by Gasteiger charge is -2.19. The number of rotatable bonds is 39. The number of carbonyl (C=O) groups is 4. The van der Waals surface area contributed by atoms with Crippen molar-refractivity contribution < 1.29 is 85.9 Å². The molecule has 0 aromatic rings. The van der Waals surface area contributed by atoms with Crippen LogP contribution in [0.3, 0.4) is 0 Å². The fourth-order valence-corrected chi connectivity index (χ4v) is 3.33. The number of hydrogen-bond acceptors (Lipinski definition) is 17. The van der Waals surface area contributed by atoms with Gasteiger partial charge in [0.25, 0.3) is 0 Å². The molecule has 0 rings (SSSR count). The zero-order valence-corrected chi connectivity index (χ0v) is 30.6. The topological polar surface area (TPSA) is 208 Å². The lowest BCUT2D eigenvalue weighted by Crippen LogP contribution is -2.27. The van der Waals surface area contributed by atoms with Crippen LogP contribution in [-0.2, 0) is 80.8 Å². The maximum absolute atomic E-state index is 11.5. The average molecular weight is 745 g/mol. The van der Waals surface area contributed by atoms with Crippen molar-refractivity contribution in [2.24, 2.45) is 0 Å². The van der Waals surface area contributed by atoms with E-state index in [0.29, 0.717) is 132 Å². The molecule has 0 aliphatic carbocycles. The van der Waals surface area contributed by atoms with E-state index in [1.54, 1.807) is 20.8 Å². The van der Waals surface area contributed by atoms with Crippen molar-refractivity contribution in [1.82, 2.24) is 0 Å². The van der Waals surface area contributed by atoms with Gasteiger partial charge in [-0.2, -0.15) is 0 Å². The Hall–Kier alpha value is -2.36. The second-order valence-corrected chi connectivity index (χ2v) is 11.2. The van der Waals surface area contributed by atoms with Crippen LogP contribution in [0.1, 0.15) is 33.6 Å². The van der Waals surface area contributed by atoms with Crippen LogP contribution in [0.25, 0.3) is 0 Å². The quantitative estimate of drug-likeness (QED) is 0.0516. The Kier molecular flexibility index (Phi) is 34.4. The number of carbonyl (C=O) groups excluding carboxylic acids is 3. The predicted octanol–water partition coefficient (Wildman–Crippen LogP) is 0.488. The van der Waals surface area contributed by atoms with Crippen LogP contribution in [0.2, 0.25) is 0 Å². The first-order valence-electron chi connectivity index (χ1n) is 17.1. The summed E-state index contributed by atoms with van der Waals surface area (Å²) < 4.78 is 69.2. The van der Waals surface area contributed by atoms with Gasteiger partial charge in [0.15, 0.2) is 0 Å². The van der Waals surface area contributed by atoms with E-state index in [1.807, 2.05) is 0 Å². The Morgan fingerprint density at radius 1 is 0.392 bits per heavy atom. The molecule has 0 saturated heterocycles. The summed E-state index contributed by atoms with van der Waals surface area (Å²) in [4.78, 5) is 44.1. The van der Waals surface area contributed by atoms with Gasteiger partial charge in [0, 0.05) is 6.42 Å². The first-order valence-corrected chi connectivity index (χ1v) is 17.1. The number of Topliss-reactive ketones (excluding diaryl/α,β-unsaturated/α-hetero) is 1. The number of aliphatic carboxylic acids is 1. The van der Waals surface area contributed by atoms with Crippen LogP contribution in [0, 0.1) is 0 Å². The highest BCUT2D eigenvalue weighted by Crippen LogP contribution is 2.06. The third-order valence-corrected chi connectivity index (χ3v) is 5.65. The maximum Gasteiger partial charge on any atom is 0.372 e. The minimum Gasteiger partial charge on any atom is -0.476 e. The Morgan fingerprint density at radius 2 is 0.667 bits per heavy atom. The smallest absolute Gasteiger partial charge is 0.372 e. The van der Waals surface area contributed by atoms with Crippen molar-refractivity contribution in [3.8, 4) is 0 Å². The number of ketones is 1. The van der Waals surface area contributed by atoms with Gasteiger partial charge >= 0.3 is 17.9 Å². The van der Waals surface area contributed by atoms with Crippen molar-refractivity contribution in [2.75, 3.05) is 152 Å². The Labute approximate surface area is 300 Å². The molecule has 0 unspecified atom stereocenters. The minimum atomic E-state index is -1.57. The summed E-state index contributed by atoms with van der Waals surface area (Å²) in [5, 5.41) is 8.44. The third-order valence-electron chi connectivity index (χ3n) is 5.65. The molecular formula is C33H60O18. The maximum atomic E-state index is 11.5. The molecule has 0 atom stereocenters. The third kappa shape index (κ3) is 40.3. The first-order chi connectivity index (χ1) is 24.6. The molecule has 0 aromatic carbocycles. The number of carboxylic acid groups (broad SMARTS) is 1. The van der Waals surface area contributed by atoms with Gasteiger partial charge in [-0.15, -0.1) is 0 Å². The summed E-state index contributed by atoms with van der Waals surface area (Å²) in [7, 11) is 0. The number of ether oxygens (including phenoxy) is 13. The molecule has 300 valence electrons. The molecule has 0 bridgehead atoms. The van der Waals surface area contributed by atoms with Crippen molar-refractivity contribution in [3.05, 3.63) is 0 Å². The Morgan fingerprint density at radius 3 is 0.941 bits per heavy atom. The molecule has 0 amide bonds. The SMILES string of the molecule is CC(C)(C)OC(=O)COCCOCCOCCOCCOCCOCCOCCOCCOCCOCCOCCOC(=O)CCC(=O)C(=O)O. The number of carboxylic acids is 1. The summed E-state index contributed by atoms with van der Waals surface area (Å²) >= 11 is 0. The molecule has 0 fully saturated rings. The molecule has 0 spiro atoms. The van der Waals surface area contributed by atoms with Crippen LogP contribution < -0.4 is 0 Å². The van der Waals surface area contributed by atoms with Crippen molar-refractivity contribution in [1.29, 1.82) is 0 Å². The molecule has 18 heteroatoms. The monoisotopic (exact) mass is 744 g/mol. The van der Waals surface area contributed by atoms with Gasteiger partial charge in [0.1, 0.15) is 18.8 Å². The summed E-state index contributed by atoms with van der Waals surface area (Å²) in [6, 6.07) is 0. The highest BCUT2D eigenvalue weighted by Gasteiger charge is 2.16. The Bertz CT molecular complexity index is 850. The highest BCUT2D eigenvalue weighted by atomic mass is 16.6. The van der Waals surface area contributed by atoms with Gasteiger partial charge in [-0.3, -0.25) is 9.59 Å². The van der Waals surface area contributed by atoms with E-state index in [-0.39, 0.29) is 26.2 Å². The van der Waals surface area contributed by atoms with Gasteiger partial charge in [-0.05, 0) is 20.8 Å². The van der Waals surface area contributed by atoms with Crippen LogP contribution in [0.4, 0.5) is 0 Å². The fraction of sp³-hybridized carbons (Fsp3) is 0.879. The highest BCUT2D eigenvalue weighted by molar-refractivity contribution is 6.32. The van der Waals surface area contributed by atoms with Gasteiger partial charge < -0.3 is 66.7 Å². The van der Waals surface area contributed by atoms with E-state index in [4.69, 9.17) is 66.7 Å². The van der Waals surface area contributed by atoms with Gasteiger partial charge in [0.2, 0.25) is 5.78 Å². The van der Waals surface area contributed by atoms with Crippen LogP contribution >= 0.6 is 0 Å². The van der Waals surface area contributed by atoms with Crippen LogP contribution in [0.15, 0.2) is 0 Å². The first kappa shape index (κ1) is 48.6. The fourth-order valence-electron chi connectivity index (χ4n) is 3.33. The summed E-state index contributed by atoms with van der Waals surface area (Å²) in [6.07, 6.45) is -0.669. The van der Waals surface area contributed by atoms with E-state index >= 15 is 0 Å². The molecule has 51 heavy (non-hydrogen) atoms. The molecule has 0 aliphatic rings. The molecule has 0 heterocycles. The Balaban J connectivity index is 3.16. The summed E-state index contributed by atoms with van der Waals surface area (Å²) in [5.74, 6) is -3.65. The van der Waals surface area contributed by atoms with Crippen molar-refractivity contribution >= 4 is 23.7 Å². The van der Waals surface area contributed by atoms with Gasteiger partial charge in [-0.1, -0.05) is 0 Å². The molecule has 0 aromatic heterocycles. The van der Waals surface area contributed by atoms with Crippen molar-refractivity contribution in [2.45, 2.75) is 39.2 Å². The molecule has 0 saturated carbocycles. The van der Waals surface area contributed by atoms with Crippen LogP contribution in [0.5, 0.6) is 0 Å². The molecule has 0 radical (unpaired) electrons. The standard InChI is InChI=1S/C33H60O18/c1-33(2,3)51-31(36)28-49-25-24-47-21-20-45-17-16-43-13-12-41-9-8-39-6-7-40-10-11-42-14-15-44-18-19-46-22-23-48-26-27-50-30(35)5-4-29(34)32(37)38/h4-28H2,1-3H3,(H,37,38). The van der Waals surface area contributed by atoms with Crippen molar-refractivity contribution in [3.63, 3.8) is 0 Å². The van der Waals surface area contributed by atoms with Crippen LogP contribution in [-0.4, -0.2) is 186 Å². The van der Waals surface area contributed by atoms with E-state index in [1.165, 1.54) is 0 Å². The molecular weight excluding hydrogens is 684 g/mol. The largest absolute Gasteiger partial charge is 0.476 e. The molecule has 18 nitrogen and oxygen atoms in total. The lowest BCUT2D eigenvalue weighted by atomic mass is 10.2. The summed E-state index contributed by atoms with van der Waals surface area (Å²) in [5.41, 5.74) is -0.522. The number of esters is 2. The number of hydrogen-bond donors (Lipinski definition) is 1. The zero-order valence-electron chi connectivity index (χ0n) is 30.6. The lowest BCUT2D eigenvalue weighted by molar-refractivity contribution is -0.160. The molecule has 1 N–H and O–H groups in total. The summed E-state index contributed by atoms with van der Waals surface area (Å²) in [6.45, 7) is 13.9. The van der Waals surface area contributed by atoms with Gasteiger partial charge in [-0.25, -0.2) is 9.59 Å². The predicted molar refractivity (Wildman–Crippen MR) is 178 cm³/mol. The van der Waals surface area contributed by atoms with E-state index in [9.17, 15) is 19.2 Å². The average Bonchev–Trinajstić information content (AvgIpc) is 3.08. The van der Waals surface area contributed by atoms with E-state index in [2.05, 4.69) is 0 Å². The van der Waals surface area contributed by atoms with E-state index in [0.717, 1.165) is 0 Å². The second-order valence-electron chi connectivity index (χ2n) is 11.2. The van der Waals surface area contributed by atoms with E-state index < -0.39 is 35.7 Å².